The topological polar surface area (TPSA) is 118 Å². The van der Waals surface area contributed by atoms with Crippen LogP contribution >= 0.6 is 0 Å². The van der Waals surface area contributed by atoms with Gasteiger partial charge in [-0.05, 0) is 30.9 Å². The molecule has 1 aromatic carbocycles. The van der Waals surface area contributed by atoms with E-state index in [4.69, 9.17) is 4.74 Å². The molecule has 2 aliphatic rings. The zero-order valence-electron chi connectivity index (χ0n) is 15.6. The van der Waals surface area contributed by atoms with Crippen LogP contribution in [0, 0.1) is 12.8 Å². The molecule has 0 radical (unpaired) electrons. The van der Waals surface area contributed by atoms with E-state index >= 15 is 0 Å². The van der Waals surface area contributed by atoms with Gasteiger partial charge in [0.05, 0.1) is 12.5 Å². The van der Waals surface area contributed by atoms with E-state index in [0.29, 0.717) is 24.5 Å². The fourth-order valence-corrected chi connectivity index (χ4v) is 3.77. The molecule has 3 amide bonds. The molecule has 148 valence electrons. The molecule has 0 unspecified atom stereocenters. The van der Waals surface area contributed by atoms with Crippen molar-refractivity contribution in [3.8, 4) is 0 Å². The number of benzene rings is 1. The summed E-state index contributed by atoms with van der Waals surface area (Å²) in [5, 5.41) is 16.2. The Hall–Kier alpha value is -2.94. The van der Waals surface area contributed by atoms with Crippen LogP contribution in [-0.4, -0.2) is 35.1 Å². The number of ether oxygens (including phenoxy) is 1. The molecular formula is C19H23N5O4. The normalized spacial score (nSPS) is 24.0. The first kappa shape index (κ1) is 18.4. The van der Waals surface area contributed by atoms with Crippen LogP contribution < -0.4 is 16.0 Å². The van der Waals surface area contributed by atoms with Crippen LogP contribution in [0.3, 0.4) is 0 Å². The van der Waals surface area contributed by atoms with Gasteiger partial charge in [-0.1, -0.05) is 34.6 Å². The Labute approximate surface area is 162 Å². The minimum absolute atomic E-state index is 0.112. The molecule has 3 heterocycles. The zero-order chi connectivity index (χ0) is 19.5. The van der Waals surface area contributed by atoms with Crippen LogP contribution in [0.15, 0.2) is 28.9 Å². The molecule has 9 heteroatoms. The van der Waals surface area contributed by atoms with Crippen molar-refractivity contribution in [3.63, 3.8) is 0 Å². The van der Waals surface area contributed by atoms with Crippen molar-refractivity contribution < 1.29 is 19.0 Å². The number of aryl methyl sites for hydroxylation is 1. The van der Waals surface area contributed by atoms with E-state index in [1.165, 1.54) is 0 Å². The first-order valence-corrected chi connectivity index (χ1v) is 9.42. The Balaban J connectivity index is 1.41. The molecule has 0 aliphatic carbocycles. The lowest BCUT2D eigenvalue weighted by Gasteiger charge is -2.42. The highest BCUT2D eigenvalue weighted by molar-refractivity contribution is 5.78. The van der Waals surface area contributed by atoms with Crippen molar-refractivity contribution in [1.82, 2.24) is 26.3 Å². The van der Waals surface area contributed by atoms with Crippen molar-refractivity contribution in [3.05, 3.63) is 46.8 Å². The fraction of sp³-hybridized carbons (Fsp3) is 0.474. The number of rotatable bonds is 5. The Morgan fingerprint density at radius 1 is 1.32 bits per heavy atom. The summed E-state index contributed by atoms with van der Waals surface area (Å²) in [6.45, 7) is 2.80. The van der Waals surface area contributed by atoms with Gasteiger partial charge in [0.2, 0.25) is 5.91 Å². The standard InChI is InChI=1S/C19H23N5O4/c1-11-15(24-28-23-11)9-16(25)20-10-12-4-2-5-13(8-12)17-14-6-3-7-27-18(14)22-19(26)21-17/h2,4-5,8,14,17-18H,3,6-7,9-10H2,1H3,(H,20,25)(H2,21,22,26)/t14-,17-,18-/m0/s1. The van der Waals surface area contributed by atoms with Gasteiger partial charge in [-0.15, -0.1) is 0 Å². The molecule has 3 atom stereocenters. The van der Waals surface area contributed by atoms with Crippen LogP contribution in [0.5, 0.6) is 0 Å². The number of amides is 3. The molecule has 4 rings (SSSR count). The van der Waals surface area contributed by atoms with Crippen molar-refractivity contribution in [2.45, 2.75) is 45.0 Å². The molecule has 9 nitrogen and oxygen atoms in total. The van der Waals surface area contributed by atoms with Crippen LogP contribution in [-0.2, 0) is 22.5 Å². The number of aromatic nitrogens is 2. The summed E-state index contributed by atoms with van der Waals surface area (Å²) in [5.74, 6) is 0.0269. The molecule has 0 spiro atoms. The number of carbonyl (C=O) groups excluding carboxylic acids is 2. The smallest absolute Gasteiger partial charge is 0.317 e. The first-order valence-electron chi connectivity index (χ1n) is 9.42. The highest BCUT2D eigenvalue weighted by atomic mass is 16.6. The maximum absolute atomic E-state index is 12.2. The largest absolute Gasteiger partial charge is 0.358 e. The van der Waals surface area contributed by atoms with Gasteiger partial charge in [-0.3, -0.25) is 4.79 Å². The fourth-order valence-electron chi connectivity index (χ4n) is 3.77. The van der Waals surface area contributed by atoms with Crippen molar-refractivity contribution in [1.29, 1.82) is 0 Å². The minimum atomic E-state index is -0.254. The maximum atomic E-state index is 12.2. The SMILES string of the molecule is Cc1nonc1CC(=O)NCc1cccc([C@@H]2NC(=O)N[C@H]3OCCC[C@H]32)c1. The van der Waals surface area contributed by atoms with Crippen molar-refractivity contribution in [2.75, 3.05) is 6.61 Å². The Morgan fingerprint density at radius 2 is 2.21 bits per heavy atom. The van der Waals surface area contributed by atoms with Gasteiger partial charge < -0.3 is 20.7 Å². The summed E-state index contributed by atoms with van der Waals surface area (Å²) >= 11 is 0. The predicted octanol–water partition coefficient (Wildman–Crippen LogP) is 1.34. The maximum Gasteiger partial charge on any atom is 0.317 e. The minimum Gasteiger partial charge on any atom is -0.358 e. The van der Waals surface area contributed by atoms with Gasteiger partial charge in [-0.25, -0.2) is 9.42 Å². The van der Waals surface area contributed by atoms with E-state index in [1.807, 2.05) is 24.3 Å². The van der Waals surface area contributed by atoms with E-state index in [-0.39, 0.29) is 36.5 Å². The lowest BCUT2D eigenvalue weighted by Crippen LogP contribution is -2.58. The average molecular weight is 385 g/mol. The molecule has 0 saturated carbocycles. The summed E-state index contributed by atoms with van der Waals surface area (Å²) in [5.41, 5.74) is 3.12. The second kappa shape index (κ2) is 7.97. The first-order chi connectivity index (χ1) is 13.6. The summed E-state index contributed by atoms with van der Waals surface area (Å²) in [6.07, 6.45) is 1.83. The quantitative estimate of drug-likeness (QED) is 0.715. The van der Waals surface area contributed by atoms with E-state index in [1.54, 1.807) is 6.92 Å². The molecule has 28 heavy (non-hydrogen) atoms. The van der Waals surface area contributed by atoms with E-state index < -0.39 is 0 Å². The second-order valence-electron chi connectivity index (χ2n) is 7.19. The number of hydrogen-bond donors (Lipinski definition) is 3. The molecule has 3 N–H and O–H groups in total. The lowest BCUT2D eigenvalue weighted by atomic mass is 9.85. The number of nitrogens with one attached hydrogen (secondary N) is 3. The third kappa shape index (κ3) is 3.99. The number of hydrogen-bond acceptors (Lipinski definition) is 6. The third-order valence-electron chi connectivity index (χ3n) is 5.23. The summed E-state index contributed by atoms with van der Waals surface area (Å²) in [6, 6.07) is 7.57. The number of fused-ring (bicyclic) bond motifs is 1. The van der Waals surface area contributed by atoms with Crippen molar-refractivity contribution >= 4 is 11.9 Å². The Morgan fingerprint density at radius 3 is 3.04 bits per heavy atom. The van der Waals surface area contributed by atoms with Crippen molar-refractivity contribution in [2.24, 2.45) is 5.92 Å². The van der Waals surface area contributed by atoms with E-state index in [2.05, 4.69) is 30.9 Å². The van der Waals surface area contributed by atoms with Gasteiger partial charge in [0.15, 0.2) is 0 Å². The van der Waals surface area contributed by atoms with E-state index in [0.717, 1.165) is 24.0 Å². The van der Waals surface area contributed by atoms with Gasteiger partial charge in [0.1, 0.15) is 17.6 Å². The summed E-state index contributed by atoms with van der Waals surface area (Å²) in [7, 11) is 0. The number of nitrogens with zero attached hydrogens (tertiary/aromatic N) is 2. The highest BCUT2D eigenvalue weighted by Crippen LogP contribution is 2.34. The summed E-state index contributed by atoms with van der Waals surface area (Å²) < 4.78 is 10.3. The van der Waals surface area contributed by atoms with Gasteiger partial charge >= 0.3 is 6.03 Å². The van der Waals surface area contributed by atoms with E-state index in [9.17, 15) is 9.59 Å². The van der Waals surface area contributed by atoms with Crippen LogP contribution in [0.25, 0.3) is 0 Å². The van der Waals surface area contributed by atoms with Crippen LogP contribution in [0.4, 0.5) is 4.79 Å². The highest BCUT2D eigenvalue weighted by Gasteiger charge is 2.39. The number of carbonyl (C=O) groups is 2. The Bertz CT molecular complexity index is 868. The monoisotopic (exact) mass is 385 g/mol. The molecule has 2 saturated heterocycles. The molecule has 2 aliphatic heterocycles. The van der Waals surface area contributed by atoms with Gasteiger partial charge in [0.25, 0.3) is 0 Å². The molecule has 0 bridgehead atoms. The third-order valence-corrected chi connectivity index (χ3v) is 5.23. The van der Waals surface area contributed by atoms with Gasteiger partial charge in [0, 0.05) is 19.1 Å². The molecule has 1 aromatic heterocycles. The zero-order valence-corrected chi connectivity index (χ0v) is 15.6. The second-order valence-corrected chi connectivity index (χ2v) is 7.19. The lowest BCUT2D eigenvalue weighted by molar-refractivity contribution is -0.120. The molecule has 2 fully saturated rings. The molecular weight excluding hydrogens is 362 g/mol. The average Bonchev–Trinajstić information content (AvgIpc) is 3.10. The predicted molar refractivity (Wildman–Crippen MR) is 97.9 cm³/mol. The molecule has 2 aromatic rings. The van der Waals surface area contributed by atoms with Crippen LogP contribution in [0.1, 0.15) is 41.4 Å². The Kier molecular flexibility index (Phi) is 5.25. The summed E-state index contributed by atoms with van der Waals surface area (Å²) in [4.78, 5) is 24.2. The number of urea groups is 1. The van der Waals surface area contributed by atoms with Crippen LogP contribution in [0.2, 0.25) is 0 Å². The van der Waals surface area contributed by atoms with Gasteiger partial charge in [-0.2, -0.15) is 0 Å².